The summed E-state index contributed by atoms with van der Waals surface area (Å²) in [6.07, 6.45) is 2.52. The first kappa shape index (κ1) is 19.7. The maximum absolute atomic E-state index is 12.7. The van der Waals surface area contributed by atoms with Crippen LogP contribution >= 0.6 is 0 Å². The molecule has 7 heteroatoms. The average Bonchev–Trinajstić information content (AvgIpc) is 3.55. The third-order valence-electron chi connectivity index (χ3n) is 6.27. The number of ether oxygens (including phenoxy) is 2. The maximum Gasteiger partial charge on any atom is 0.317 e. The highest BCUT2D eigenvalue weighted by molar-refractivity contribution is 5.75. The Morgan fingerprint density at radius 3 is 2.42 bits per heavy atom. The Balaban J connectivity index is 1.04. The predicted molar refractivity (Wildman–Crippen MR) is 124 cm³/mol. The van der Waals surface area contributed by atoms with Crippen LogP contribution in [-0.2, 0) is 13.1 Å². The summed E-state index contributed by atoms with van der Waals surface area (Å²) in [5, 5.41) is 3.02. The zero-order valence-electron chi connectivity index (χ0n) is 18.1. The number of amides is 2. The first-order valence-electron chi connectivity index (χ1n) is 11.2. The Hall–Kier alpha value is -4.00. The van der Waals surface area contributed by atoms with Crippen LogP contribution in [0.3, 0.4) is 0 Å². The minimum Gasteiger partial charge on any atom is -0.447 e. The number of rotatable bonds is 4. The van der Waals surface area contributed by atoms with Crippen LogP contribution in [0.4, 0.5) is 4.79 Å². The molecule has 0 saturated carbocycles. The van der Waals surface area contributed by atoms with Gasteiger partial charge >= 0.3 is 6.03 Å². The molecule has 0 atom stereocenters. The number of carbonyl (C=O) groups excluding carboxylic acids is 1. The molecule has 166 valence electrons. The van der Waals surface area contributed by atoms with Crippen molar-refractivity contribution in [3.63, 3.8) is 0 Å². The van der Waals surface area contributed by atoms with Crippen LogP contribution in [0.25, 0.3) is 11.0 Å². The molecule has 1 aromatic heterocycles. The summed E-state index contributed by atoms with van der Waals surface area (Å²) in [5.74, 6) is 0.715. The number of para-hydroxylation sites is 4. The fourth-order valence-corrected chi connectivity index (χ4v) is 4.52. The summed E-state index contributed by atoms with van der Waals surface area (Å²) >= 11 is 0. The van der Waals surface area contributed by atoms with Crippen LogP contribution in [0.15, 0.2) is 79.1 Å². The van der Waals surface area contributed by atoms with Crippen molar-refractivity contribution in [3.05, 3.63) is 90.3 Å². The highest BCUT2D eigenvalue weighted by Gasteiger charge is 2.48. The summed E-state index contributed by atoms with van der Waals surface area (Å²) < 4.78 is 14.2. The standard InChI is InChI=1S/C26H24N4O3/c31-25(29-14-13-26(17-29)32-23-7-3-4-8-24(23)33-26)27-15-19-9-11-20(12-10-19)16-30-18-28-21-5-1-2-6-22(21)30/h1-12,18H,13-17H2,(H,27,31). The number of imidazole rings is 1. The van der Waals surface area contributed by atoms with E-state index in [-0.39, 0.29) is 6.03 Å². The van der Waals surface area contributed by atoms with E-state index in [1.165, 1.54) is 5.56 Å². The number of hydrogen-bond acceptors (Lipinski definition) is 4. The van der Waals surface area contributed by atoms with Gasteiger partial charge in [-0.05, 0) is 35.4 Å². The van der Waals surface area contributed by atoms with E-state index < -0.39 is 5.79 Å². The average molecular weight is 441 g/mol. The lowest BCUT2D eigenvalue weighted by atomic mass is 10.1. The van der Waals surface area contributed by atoms with Gasteiger partial charge < -0.3 is 24.3 Å². The van der Waals surface area contributed by atoms with E-state index in [0.29, 0.717) is 26.1 Å². The van der Waals surface area contributed by atoms with Crippen LogP contribution in [0.1, 0.15) is 17.5 Å². The van der Waals surface area contributed by atoms with Gasteiger partial charge in [-0.2, -0.15) is 0 Å². The van der Waals surface area contributed by atoms with Gasteiger partial charge in [-0.3, -0.25) is 0 Å². The molecule has 1 N–H and O–H groups in total. The molecular weight excluding hydrogens is 416 g/mol. The van der Waals surface area contributed by atoms with E-state index >= 15 is 0 Å². The van der Waals surface area contributed by atoms with Crippen LogP contribution < -0.4 is 14.8 Å². The van der Waals surface area contributed by atoms with Crippen molar-refractivity contribution in [1.29, 1.82) is 0 Å². The van der Waals surface area contributed by atoms with Crippen molar-refractivity contribution in [2.24, 2.45) is 0 Å². The Bertz CT molecular complexity index is 1290. The van der Waals surface area contributed by atoms with E-state index in [9.17, 15) is 4.79 Å². The molecule has 0 bridgehead atoms. The second-order valence-electron chi connectivity index (χ2n) is 8.57. The van der Waals surface area contributed by atoms with Gasteiger partial charge in [-0.1, -0.05) is 48.5 Å². The molecule has 1 saturated heterocycles. The van der Waals surface area contributed by atoms with E-state index in [1.807, 2.05) is 48.8 Å². The monoisotopic (exact) mass is 440 g/mol. The SMILES string of the molecule is O=C(NCc1ccc(Cn2cnc3ccccc32)cc1)N1CCC2(C1)Oc1ccccc1O2. The smallest absolute Gasteiger partial charge is 0.317 e. The topological polar surface area (TPSA) is 68.6 Å². The zero-order valence-corrected chi connectivity index (χ0v) is 18.1. The number of carbonyl (C=O) groups is 1. The van der Waals surface area contributed by atoms with Crippen LogP contribution in [-0.4, -0.2) is 39.4 Å². The molecule has 7 nitrogen and oxygen atoms in total. The molecule has 1 fully saturated rings. The predicted octanol–water partition coefficient (Wildman–Crippen LogP) is 4.17. The van der Waals surface area contributed by atoms with E-state index in [2.05, 4.69) is 45.2 Å². The van der Waals surface area contributed by atoms with Gasteiger partial charge in [-0.25, -0.2) is 9.78 Å². The third kappa shape index (κ3) is 3.75. The van der Waals surface area contributed by atoms with Crippen LogP contribution in [0.2, 0.25) is 0 Å². The lowest BCUT2D eigenvalue weighted by molar-refractivity contribution is -0.0650. The summed E-state index contributed by atoms with van der Waals surface area (Å²) in [6.45, 7) is 2.23. The highest BCUT2D eigenvalue weighted by atomic mass is 16.7. The molecule has 0 unspecified atom stereocenters. The fourth-order valence-electron chi connectivity index (χ4n) is 4.52. The van der Waals surface area contributed by atoms with Crippen LogP contribution in [0.5, 0.6) is 11.5 Å². The minimum absolute atomic E-state index is 0.107. The minimum atomic E-state index is -0.764. The maximum atomic E-state index is 12.7. The summed E-state index contributed by atoms with van der Waals surface area (Å²) in [5.41, 5.74) is 4.36. The number of likely N-dealkylation sites (tertiary alicyclic amines) is 1. The first-order chi connectivity index (χ1) is 16.2. The van der Waals surface area contributed by atoms with E-state index in [4.69, 9.17) is 9.47 Å². The molecule has 6 rings (SSSR count). The molecule has 0 aliphatic carbocycles. The molecule has 33 heavy (non-hydrogen) atoms. The second kappa shape index (κ2) is 7.85. The van der Waals surface area contributed by atoms with Crippen molar-refractivity contribution < 1.29 is 14.3 Å². The van der Waals surface area contributed by atoms with Gasteiger partial charge in [0.1, 0.15) is 0 Å². The van der Waals surface area contributed by atoms with Crippen molar-refractivity contribution in [2.75, 3.05) is 13.1 Å². The summed E-state index contributed by atoms with van der Waals surface area (Å²) in [7, 11) is 0. The van der Waals surface area contributed by atoms with Gasteiger partial charge in [0.05, 0.1) is 23.9 Å². The van der Waals surface area contributed by atoms with E-state index in [0.717, 1.165) is 34.6 Å². The van der Waals surface area contributed by atoms with Gasteiger partial charge in [0.2, 0.25) is 0 Å². The number of nitrogens with zero attached hydrogens (tertiary/aromatic N) is 3. The number of hydrogen-bond donors (Lipinski definition) is 1. The molecule has 4 aromatic rings. The second-order valence-corrected chi connectivity index (χ2v) is 8.57. The Kier molecular flexibility index (Phi) is 4.68. The van der Waals surface area contributed by atoms with Crippen molar-refractivity contribution in [2.45, 2.75) is 25.3 Å². The zero-order chi connectivity index (χ0) is 22.3. The summed E-state index contributed by atoms with van der Waals surface area (Å²) in [4.78, 5) is 18.9. The van der Waals surface area contributed by atoms with Crippen molar-refractivity contribution in [3.8, 4) is 11.5 Å². The van der Waals surface area contributed by atoms with Gasteiger partial charge in [0.15, 0.2) is 11.5 Å². The number of nitrogens with one attached hydrogen (secondary N) is 1. The normalized spacial score (nSPS) is 15.9. The lowest BCUT2D eigenvalue weighted by Crippen LogP contribution is -2.45. The molecule has 1 spiro atoms. The van der Waals surface area contributed by atoms with Crippen molar-refractivity contribution >= 4 is 17.1 Å². The summed E-state index contributed by atoms with van der Waals surface area (Å²) in [6, 6.07) is 23.9. The molecule has 2 aliphatic heterocycles. The molecule has 2 aliphatic rings. The number of fused-ring (bicyclic) bond motifs is 2. The van der Waals surface area contributed by atoms with Gasteiger partial charge in [0.25, 0.3) is 5.79 Å². The van der Waals surface area contributed by atoms with E-state index in [1.54, 1.807) is 4.90 Å². The lowest BCUT2D eigenvalue weighted by Gasteiger charge is -2.23. The quantitative estimate of drug-likeness (QED) is 0.517. The fraction of sp³-hybridized carbons (Fsp3) is 0.231. The van der Waals surface area contributed by atoms with Gasteiger partial charge in [0, 0.05) is 26.1 Å². The molecule has 3 aromatic carbocycles. The Morgan fingerprint density at radius 2 is 1.64 bits per heavy atom. The third-order valence-corrected chi connectivity index (χ3v) is 6.27. The molecule has 0 radical (unpaired) electrons. The number of benzene rings is 3. The van der Waals surface area contributed by atoms with Crippen molar-refractivity contribution in [1.82, 2.24) is 19.8 Å². The highest BCUT2D eigenvalue weighted by Crippen LogP contribution is 2.42. The number of aromatic nitrogens is 2. The largest absolute Gasteiger partial charge is 0.447 e. The molecule has 3 heterocycles. The number of urea groups is 1. The Morgan fingerprint density at radius 1 is 0.939 bits per heavy atom. The first-order valence-corrected chi connectivity index (χ1v) is 11.2. The molecule has 2 amide bonds. The van der Waals surface area contributed by atoms with Gasteiger partial charge in [-0.15, -0.1) is 0 Å². The molecular formula is C26H24N4O3. The Labute approximate surface area is 191 Å². The van der Waals surface area contributed by atoms with Crippen LogP contribution in [0, 0.1) is 0 Å².